The largest absolute Gasteiger partial charge is 0.357 e. The Balaban J connectivity index is 1.58. The van der Waals surface area contributed by atoms with Crippen molar-refractivity contribution in [3.05, 3.63) is 58.1 Å². The zero-order valence-corrected chi connectivity index (χ0v) is 20.5. The van der Waals surface area contributed by atoms with Gasteiger partial charge in [0.25, 0.3) is 0 Å². The van der Waals surface area contributed by atoms with E-state index < -0.39 is 5.66 Å². The number of anilines is 2. The molecular weight excluding hydrogens is 453 g/mol. The Morgan fingerprint density at radius 2 is 1.45 bits per heavy atom. The zero-order valence-electron chi connectivity index (χ0n) is 19.0. The van der Waals surface area contributed by atoms with Crippen LogP contribution in [-0.4, -0.2) is 11.9 Å². The lowest BCUT2D eigenvalue weighted by atomic mass is 9.71. The maximum atomic E-state index is 14.1. The van der Waals surface area contributed by atoms with Crippen molar-refractivity contribution < 1.29 is 4.79 Å². The smallest absolute Gasteiger partial charge is 0.228 e. The average Bonchev–Trinajstić information content (AvgIpc) is 3.22. The van der Waals surface area contributed by atoms with Crippen LogP contribution in [-0.2, 0) is 10.5 Å². The highest BCUT2D eigenvalue weighted by molar-refractivity contribution is 6.42. The predicted octanol–water partition coefficient (Wildman–Crippen LogP) is 7.33. The molecule has 1 atom stereocenters. The van der Waals surface area contributed by atoms with Crippen LogP contribution in [0, 0.1) is 11.8 Å². The minimum atomic E-state index is -0.779. The van der Waals surface area contributed by atoms with Crippen molar-refractivity contribution in [2.75, 3.05) is 10.6 Å². The molecule has 0 saturated heterocycles. The summed E-state index contributed by atoms with van der Waals surface area (Å²) < 4.78 is 0. The van der Waals surface area contributed by atoms with Crippen molar-refractivity contribution >= 4 is 40.5 Å². The monoisotopic (exact) mass is 485 g/mol. The van der Waals surface area contributed by atoms with Crippen molar-refractivity contribution in [1.29, 1.82) is 0 Å². The number of hydrogen-bond donors (Lipinski definition) is 3. The van der Waals surface area contributed by atoms with Crippen LogP contribution in [0.5, 0.6) is 0 Å². The highest BCUT2D eigenvalue weighted by Crippen LogP contribution is 2.49. The molecule has 5 rings (SSSR count). The van der Waals surface area contributed by atoms with Gasteiger partial charge in [0.2, 0.25) is 5.91 Å². The van der Waals surface area contributed by atoms with Crippen LogP contribution in [0.4, 0.5) is 11.4 Å². The molecule has 33 heavy (non-hydrogen) atoms. The van der Waals surface area contributed by atoms with Crippen LogP contribution >= 0.6 is 23.2 Å². The average molecular weight is 486 g/mol. The van der Waals surface area contributed by atoms with E-state index in [0.717, 1.165) is 42.6 Å². The van der Waals surface area contributed by atoms with E-state index in [9.17, 15) is 4.79 Å². The number of rotatable bonds is 5. The molecule has 0 radical (unpaired) electrons. The summed E-state index contributed by atoms with van der Waals surface area (Å²) in [6.45, 7) is 0. The van der Waals surface area contributed by atoms with Gasteiger partial charge in [-0.1, -0.05) is 79.9 Å². The minimum Gasteiger partial charge on any atom is -0.357 e. The standard InChI is InChI=1S/C27H33Cl2N3O/c28-21-16-15-19(17-22(21)29)27(31-23-13-7-8-14-24(23)32-27)25(18-9-3-1-4-10-18)26(33)30-20-11-5-2-6-12-20/h7-8,13-18,20,25,31-32H,1-6,9-12H2,(H,30,33). The second-order valence-electron chi connectivity index (χ2n) is 9.95. The van der Waals surface area contributed by atoms with Crippen LogP contribution < -0.4 is 16.0 Å². The van der Waals surface area contributed by atoms with E-state index in [4.69, 9.17) is 23.2 Å². The van der Waals surface area contributed by atoms with Crippen LogP contribution in [0.1, 0.15) is 69.8 Å². The number of amides is 1. The molecule has 176 valence electrons. The molecule has 4 nitrogen and oxygen atoms in total. The number of benzene rings is 2. The lowest BCUT2D eigenvalue weighted by Crippen LogP contribution is -2.56. The third kappa shape index (κ3) is 4.57. The molecule has 0 spiro atoms. The summed E-state index contributed by atoms with van der Waals surface area (Å²) in [6.07, 6.45) is 11.5. The van der Waals surface area contributed by atoms with Gasteiger partial charge in [-0.25, -0.2) is 0 Å². The van der Waals surface area contributed by atoms with E-state index in [1.54, 1.807) is 0 Å². The van der Waals surface area contributed by atoms with Gasteiger partial charge in [0.05, 0.1) is 27.3 Å². The summed E-state index contributed by atoms with van der Waals surface area (Å²) in [5, 5.41) is 12.0. The predicted molar refractivity (Wildman–Crippen MR) is 137 cm³/mol. The number of nitrogens with one attached hydrogen (secondary N) is 3. The molecule has 2 saturated carbocycles. The summed E-state index contributed by atoms with van der Waals surface area (Å²) in [4.78, 5) is 14.1. The van der Waals surface area contributed by atoms with Crippen LogP contribution in [0.25, 0.3) is 0 Å². The second kappa shape index (κ2) is 9.76. The van der Waals surface area contributed by atoms with E-state index in [-0.39, 0.29) is 23.8 Å². The molecule has 6 heteroatoms. The quantitative estimate of drug-likeness (QED) is 0.415. The Bertz CT molecular complexity index is 974. The number of carbonyl (C=O) groups excluding carboxylic acids is 1. The number of para-hydroxylation sites is 2. The van der Waals surface area contributed by atoms with Crippen molar-refractivity contribution in [3.8, 4) is 0 Å². The third-order valence-corrected chi connectivity index (χ3v) is 8.53. The lowest BCUT2D eigenvalue weighted by molar-refractivity contribution is -0.130. The van der Waals surface area contributed by atoms with Crippen molar-refractivity contribution in [3.63, 3.8) is 0 Å². The van der Waals surface area contributed by atoms with Gasteiger partial charge in [-0.05, 0) is 61.4 Å². The third-order valence-electron chi connectivity index (χ3n) is 7.79. The highest BCUT2D eigenvalue weighted by Gasteiger charge is 2.52. The van der Waals surface area contributed by atoms with E-state index in [1.165, 1.54) is 38.5 Å². The van der Waals surface area contributed by atoms with Crippen LogP contribution in [0.15, 0.2) is 42.5 Å². The fraction of sp³-hybridized carbons (Fsp3) is 0.519. The van der Waals surface area contributed by atoms with E-state index in [2.05, 4.69) is 28.1 Å². The van der Waals surface area contributed by atoms with Crippen molar-refractivity contribution in [2.24, 2.45) is 11.8 Å². The number of halogens is 2. The molecule has 1 heterocycles. The summed E-state index contributed by atoms with van der Waals surface area (Å²) in [6, 6.07) is 14.2. The maximum absolute atomic E-state index is 14.1. The molecule has 2 fully saturated rings. The highest BCUT2D eigenvalue weighted by atomic mass is 35.5. The summed E-state index contributed by atoms with van der Waals surface area (Å²) >= 11 is 12.8. The first kappa shape index (κ1) is 22.9. The Labute approximate surface area is 206 Å². The van der Waals surface area contributed by atoms with Gasteiger partial charge in [-0.15, -0.1) is 0 Å². The van der Waals surface area contributed by atoms with E-state index in [0.29, 0.717) is 10.0 Å². The van der Waals surface area contributed by atoms with Crippen LogP contribution in [0.3, 0.4) is 0 Å². The lowest BCUT2D eigenvalue weighted by Gasteiger charge is -2.44. The van der Waals surface area contributed by atoms with Crippen molar-refractivity contribution in [1.82, 2.24) is 5.32 Å². The molecule has 3 aliphatic rings. The molecule has 0 aromatic heterocycles. The van der Waals surface area contributed by atoms with E-state index >= 15 is 0 Å². The van der Waals surface area contributed by atoms with Gasteiger partial charge in [0.1, 0.15) is 5.66 Å². The number of hydrogen-bond acceptors (Lipinski definition) is 3. The first-order valence-corrected chi connectivity index (χ1v) is 13.2. The number of carbonyl (C=O) groups is 1. The van der Waals surface area contributed by atoms with Gasteiger partial charge in [0, 0.05) is 6.04 Å². The molecule has 1 amide bonds. The van der Waals surface area contributed by atoms with Gasteiger partial charge in [-0.2, -0.15) is 0 Å². The van der Waals surface area contributed by atoms with Gasteiger partial charge >= 0.3 is 0 Å². The minimum absolute atomic E-state index is 0.146. The molecule has 1 unspecified atom stereocenters. The van der Waals surface area contributed by atoms with Gasteiger partial charge in [-0.3, -0.25) is 4.79 Å². The first-order chi connectivity index (χ1) is 16.1. The van der Waals surface area contributed by atoms with Crippen molar-refractivity contribution in [2.45, 2.75) is 75.9 Å². The van der Waals surface area contributed by atoms with Gasteiger partial charge < -0.3 is 16.0 Å². The normalized spacial score (nSPS) is 21.5. The number of fused-ring (bicyclic) bond motifs is 1. The second-order valence-corrected chi connectivity index (χ2v) is 10.8. The molecular formula is C27H33Cl2N3O. The fourth-order valence-electron chi connectivity index (χ4n) is 6.15. The van der Waals surface area contributed by atoms with Crippen LogP contribution in [0.2, 0.25) is 10.0 Å². The van der Waals surface area contributed by atoms with Gasteiger partial charge in [0.15, 0.2) is 0 Å². The Morgan fingerprint density at radius 3 is 2.06 bits per heavy atom. The maximum Gasteiger partial charge on any atom is 0.228 e. The fourth-order valence-corrected chi connectivity index (χ4v) is 6.45. The Morgan fingerprint density at radius 1 is 0.848 bits per heavy atom. The molecule has 2 aliphatic carbocycles. The first-order valence-electron chi connectivity index (χ1n) is 12.5. The Kier molecular flexibility index (Phi) is 6.76. The topological polar surface area (TPSA) is 53.2 Å². The molecule has 0 bridgehead atoms. The SMILES string of the molecule is O=C(NC1CCCCC1)C(C1CCCCC1)C1(c2ccc(Cl)c(Cl)c2)Nc2ccccc2N1. The zero-order chi connectivity index (χ0) is 22.8. The summed E-state index contributed by atoms with van der Waals surface area (Å²) in [5.41, 5.74) is 2.19. The Hall–Kier alpha value is -1.91. The van der Waals surface area contributed by atoms with E-state index in [1.807, 2.05) is 30.3 Å². The molecule has 2 aromatic carbocycles. The molecule has 1 aliphatic heterocycles. The summed E-state index contributed by atoms with van der Waals surface area (Å²) in [5.74, 6) is 0.156. The molecule has 2 aromatic rings. The summed E-state index contributed by atoms with van der Waals surface area (Å²) in [7, 11) is 0. The molecule has 3 N–H and O–H groups in total.